The van der Waals surface area contributed by atoms with Crippen LogP contribution in [0.4, 0.5) is 17.2 Å². The van der Waals surface area contributed by atoms with Crippen molar-refractivity contribution in [2.45, 2.75) is 72.6 Å². The molecule has 103 heavy (non-hydrogen) atoms. The molecule has 15 heteroatoms. The monoisotopic (exact) mass is 1700 g/mol. The Kier molecular flexibility index (Phi) is 22.5. The van der Waals surface area contributed by atoms with Crippen LogP contribution < -0.4 is 14.7 Å². The molecular weight excluding hydrogens is 1630 g/mol. The molecule has 8 aromatic carbocycles. The van der Waals surface area contributed by atoms with E-state index in [0.717, 1.165) is 113 Å². The first-order chi connectivity index (χ1) is 49.2. The molecule has 13 nitrogen and oxygen atoms in total. The van der Waals surface area contributed by atoms with Crippen molar-refractivity contribution >= 4 is 61.3 Å². The number of imidazole rings is 1. The minimum atomic E-state index is -0.422. The third kappa shape index (κ3) is 15.9. The molecule has 14 aromatic rings. The van der Waals surface area contributed by atoms with Crippen LogP contribution in [0, 0.1) is 76.3 Å². The first-order valence-electron chi connectivity index (χ1n) is 33.8. The second-order valence-electron chi connectivity index (χ2n) is 26.1. The predicted octanol–water partition coefficient (Wildman–Crippen LogP) is 20.1. The van der Waals surface area contributed by atoms with Crippen molar-refractivity contribution in [2.75, 3.05) is 28.4 Å². The summed E-state index contributed by atoms with van der Waals surface area (Å²) < 4.78 is 14.7. The number of aryl methyl sites for hydroxylation is 2. The van der Waals surface area contributed by atoms with Gasteiger partial charge in [0.15, 0.2) is 0 Å². The Morgan fingerprint density at radius 3 is 1.68 bits per heavy atom. The van der Waals surface area contributed by atoms with Gasteiger partial charge in [-0.05, 0) is 123 Å². The van der Waals surface area contributed by atoms with E-state index in [1.54, 1.807) is 6.20 Å². The Balaban J connectivity index is 0.000000137. The molecule has 2 radical (unpaired) electrons. The average molecular weight is 1700 g/mol. The number of aromatic nitrogens is 5. The van der Waals surface area contributed by atoms with Crippen LogP contribution in [0.2, 0.25) is 0 Å². The fraction of sp³-hybridized carbons (Fsp3) is 0.148. The van der Waals surface area contributed by atoms with Crippen LogP contribution in [-0.2, 0) is 45.6 Å². The van der Waals surface area contributed by atoms with Gasteiger partial charge in [-0.3, -0.25) is 4.98 Å². The molecule has 0 bridgehead atoms. The molecule has 9 heterocycles. The summed E-state index contributed by atoms with van der Waals surface area (Å²) >= 11 is 0. The van der Waals surface area contributed by atoms with Gasteiger partial charge in [-0.1, -0.05) is 76.6 Å². The molecule has 0 N–H and O–H groups in total. The number of anilines is 3. The molecule has 0 atom stereocenters. The number of pyridine rings is 3. The van der Waals surface area contributed by atoms with E-state index in [1.807, 2.05) is 213 Å². The number of para-hydroxylation sites is 3. The van der Waals surface area contributed by atoms with Crippen LogP contribution in [0.1, 0.15) is 87.0 Å². The summed E-state index contributed by atoms with van der Waals surface area (Å²) in [7, 11) is 2.02. The first-order valence-corrected chi connectivity index (χ1v) is 33.8. The number of rotatable bonds is 13. The molecule has 0 fully saturated rings. The normalized spacial score (nSPS) is 13.2. The summed E-state index contributed by atoms with van der Waals surface area (Å²) in [5.41, 5.74) is 17.2. The van der Waals surface area contributed by atoms with E-state index in [-0.39, 0.29) is 40.2 Å². The molecule has 0 saturated heterocycles. The van der Waals surface area contributed by atoms with E-state index < -0.39 is 5.41 Å². The summed E-state index contributed by atoms with van der Waals surface area (Å²) in [6, 6.07) is 88.5. The summed E-state index contributed by atoms with van der Waals surface area (Å²) in [5, 5.41) is 4.15. The number of furan rings is 2. The molecule has 0 aliphatic carbocycles. The molecular formula is C88H75Ir2N11O2-10. The van der Waals surface area contributed by atoms with Crippen LogP contribution in [-0.4, -0.2) is 52.9 Å². The van der Waals surface area contributed by atoms with Crippen molar-refractivity contribution in [1.29, 1.82) is 0 Å². The minimum Gasteiger partial charge on any atom is -0.511 e. The molecule has 17 rings (SSSR count). The Hall–Kier alpha value is -10.7. The van der Waals surface area contributed by atoms with Gasteiger partial charge in [-0.25, -0.2) is 37.7 Å². The second kappa shape index (κ2) is 32.1. The van der Waals surface area contributed by atoms with Crippen molar-refractivity contribution in [3.8, 4) is 39.3 Å². The Bertz CT molecular complexity index is 5210. The Labute approximate surface area is 631 Å². The van der Waals surface area contributed by atoms with E-state index in [9.17, 15) is 0 Å². The molecule has 0 saturated carbocycles. The van der Waals surface area contributed by atoms with Gasteiger partial charge in [-0.2, -0.15) is 146 Å². The maximum Gasteiger partial charge on any atom is 0.215 e. The van der Waals surface area contributed by atoms with Gasteiger partial charge in [-0.15, -0.1) is 77.2 Å². The van der Waals surface area contributed by atoms with Gasteiger partial charge in [0.25, 0.3) is 0 Å². The zero-order valence-electron chi connectivity index (χ0n) is 58.7. The van der Waals surface area contributed by atoms with Crippen molar-refractivity contribution in [2.24, 2.45) is 0 Å². The Morgan fingerprint density at radius 1 is 0.466 bits per heavy atom. The molecule has 6 aromatic heterocycles. The number of hydrogen-bond acceptors (Lipinski definition) is 12. The van der Waals surface area contributed by atoms with Crippen LogP contribution in [0.3, 0.4) is 0 Å². The quantitative estimate of drug-likeness (QED) is 0.103. The van der Waals surface area contributed by atoms with E-state index in [2.05, 4.69) is 205 Å². The molecule has 0 unspecified atom stereocenters. The first kappa shape index (κ1) is 72.1. The zero-order valence-corrected chi connectivity index (χ0v) is 63.5. The van der Waals surface area contributed by atoms with Gasteiger partial charge >= 0.3 is 0 Å². The summed E-state index contributed by atoms with van der Waals surface area (Å²) in [6.07, 6.45) is 17.9. The molecule has 522 valence electrons. The van der Waals surface area contributed by atoms with E-state index in [0.29, 0.717) is 23.3 Å². The molecule has 0 amide bonds. The van der Waals surface area contributed by atoms with Crippen molar-refractivity contribution in [3.63, 3.8) is 0 Å². The van der Waals surface area contributed by atoms with Gasteiger partial charge in [0.2, 0.25) is 11.4 Å². The SMILES string of the molecule is CN1C=CN(CN2C=CN(c3[c-]cccc3)[CH-]2)[CH-]1.Cc1ccc2c(n1)oc1c(-c3[c-]c(-c4[c-]cccc4)ccc3)[c-]ccc12.Cc1ccc2c(n1)oc1c(C(C)(C)c3[c-]c(-c4nccn4-c4c(C(C)C)cccc4C(C)C)ccc3)[c-]ccc12.[Ir].[Ir].[c-]1ccccc1N1C=CN(c2ccccn2)[CH-]1. The fourth-order valence-electron chi connectivity index (χ4n) is 12.6. The second-order valence-corrected chi connectivity index (χ2v) is 26.1. The zero-order chi connectivity index (χ0) is 69.6. The van der Waals surface area contributed by atoms with Crippen LogP contribution >= 0.6 is 0 Å². The van der Waals surface area contributed by atoms with Gasteiger partial charge in [0.05, 0.1) is 5.82 Å². The van der Waals surface area contributed by atoms with Gasteiger partial charge < -0.3 is 42.8 Å². The van der Waals surface area contributed by atoms with E-state index >= 15 is 0 Å². The topological polar surface area (TPSA) is 102 Å². The van der Waals surface area contributed by atoms with Crippen molar-refractivity contribution in [3.05, 3.63) is 346 Å². The predicted molar refractivity (Wildman–Crippen MR) is 406 cm³/mol. The third-order valence-corrected chi connectivity index (χ3v) is 17.8. The smallest absolute Gasteiger partial charge is 0.215 e. The molecule has 3 aliphatic heterocycles. The van der Waals surface area contributed by atoms with Gasteiger partial charge in [0.1, 0.15) is 5.82 Å². The van der Waals surface area contributed by atoms with E-state index in [1.165, 1.54) is 16.8 Å². The minimum absolute atomic E-state index is 0. The summed E-state index contributed by atoms with van der Waals surface area (Å²) in [5.74, 6) is 2.56. The average Bonchev–Trinajstić information content (AvgIpc) is 1.65. The van der Waals surface area contributed by atoms with Crippen LogP contribution in [0.15, 0.2) is 259 Å². The van der Waals surface area contributed by atoms with E-state index in [4.69, 9.17) is 13.8 Å². The number of hydrogen-bond donors (Lipinski definition) is 0. The summed E-state index contributed by atoms with van der Waals surface area (Å²) in [6.45, 7) is 24.3. The van der Waals surface area contributed by atoms with Crippen LogP contribution in [0.5, 0.6) is 0 Å². The maximum atomic E-state index is 6.35. The maximum absolute atomic E-state index is 6.35. The fourth-order valence-corrected chi connectivity index (χ4v) is 12.6. The van der Waals surface area contributed by atoms with Gasteiger partial charge in [0, 0.05) is 104 Å². The Morgan fingerprint density at radius 2 is 1.04 bits per heavy atom. The number of benzene rings is 8. The van der Waals surface area contributed by atoms with Crippen molar-refractivity contribution in [1.82, 2.24) is 39.2 Å². The van der Waals surface area contributed by atoms with Crippen molar-refractivity contribution < 1.29 is 49.0 Å². The standard InChI is InChI=1S/C36H35N3O.C24H14NO.C14H15N4.C14H11N3.2Ir/c1-22(2)27-13-9-14-28(23(3)4)32(27)39-20-19-37-34(39)25-11-8-12-26(21-25)36(6,7)31-16-10-15-29-30-18-17-24(5)38-35(30)40-33(29)31;1-16-13-14-22-21-12-6-11-20(23(21)26-24(22)25-16)19-10-5-9-18(15-19)17-7-3-2-4-8-17;1-15-7-8-16(11-15)12-17-9-10-18(13-17)14-5-3-2-4-6-14;1-2-6-13(7-3-1)16-10-11-17(12-16)14-8-4-5-9-15-14;;/h8-15,17-20,22-23H,1-7H3;2-7,9-10,12-14H,1H3;2-5,7-11,13H,12H2,1H3;1-6,8-12H;;/q-2;2*-3;-2;;. The largest absolute Gasteiger partial charge is 0.511 e. The number of nitrogens with zero attached hydrogens (tertiary/aromatic N) is 11. The van der Waals surface area contributed by atoms with Crippen LogP contribution in [0.25, 0.3) is 83.5 Å². The third-order valence-electron chi connectivity index (χ3n) is 17.8. The molecule has 0 spiro atoms. The summed E-state index contributed by atoms with van der Waals surface area (Å²) in [4.78, 5) is 30.6. The number of fused-ring (bicyclic) bond motifs is 6. The molecule has 3 aliphatic rings.